The largest absolute Gasteiger partial charge is 0.455 e. The molecule has 2 nitrogen and oxygen atoms in total. The molecule has 0 unspecified atom stereocenters. The first kappa shape index (κ1) is 20.7. The molecule has 2 heteroatoms. The van der Waals surface area contributed by atoms with E-state index in [0.717, 1.165) is 28.2 Å². The fourth-order valence-corrected chi connectivity index (χ4v) is 4.22. The molecule has 0 saturated heterocycles. The molecular weight excluding hydrogens is 402 g/mol. The highest BCUT2D eigenvalue weighted by Crippen LogP contribution is 2.47. The molecule has 0 N–H and O–H groups in total. The van der Waals surface area contributed by atoms with Crippen LogP contribution < -0.4 is 0 Å². The van der Waals surface area contributed by atoms with Crippen molar-refractivity contribution in [1.82, 2.24) is 0 Å². The summed E-state index contributed by atoms with van der Waals surface area (Å²) in [4.78, 5) is 0. The Labute approximate surface area is 194 Å². The fourth-order valence-electron chi connectivity index (χ4n) is 4.22. The van der Waals surface area contributed by atoms with Gasteiger partial charge in [-0.15, -0.1) is 0 Å². The van der Waals surface area contributed by atoms with E-state index in [9.17, 15) is 0 Å². The molecule has 0 aromatic heterocycles. The average molecular weight is 429 g/mol. The molecule has 1 aliphatic heterocycles. The second-order valence-corrected chi connectivity index (χ2v) is 8.28. The van der Waals surface area contributed by atoms with Gasteiger partial charge in [0.2, 0.25) is 0 Å². The monoisotopic (exact) mass is 428 g/mol. The summed E-state index contributed by atoms with van der Waals surface area (Å²) in [7, 11) is 4.03. The Hall–Kier alpha value is -4.17. The summed E-state index contributed by atoms with van der Waals surface area (Å²) in [6.07, 6.45) is 10.3. The van der Waals surface area contributed by atoms with Gasteiger partial charge in [-0.2, -0.15) is 0 Å². The summed E-state index contributed by atoms with van der Waals surface area (Å²) in [5, 5.41) is 2.40. The zero-order valence-corrected chi connectivity index (χ0v) is 18.9. The van der Waals surface area contributed by atoms with Crippen molar-refractivity contribution >= 4 is 23.1 Å². The molecule has 5 rings (SSSR count). The fraction of sp³-hybridized carbons (Fsp3) is 0.0645. The van der Waals surface area contributed by atoms with E-state index >= 15 is 0 Å². The lowest BCUT2D eigenvalue weighted by Crippen LogP contribution is -1.94. The van der Waals surface area contributed by atoms with Crippen LogP contribution in [0, 0.1) is 0 Å². The average Bonchev–Trinajstić information content (AvgIpc) is 3.18. The van der Waals surface area contributed by atoms with E-state index in [-0.39, 0.29) is 0 Å². The normalized spacial score (nSPS) is 11.7. The minimum atomic E-state index is 0.864. The Balaban J connectivity index is 1.79. The van der Waals surface area contributed by atoms with Gasteiger partial charge in [0.25, 0.3) is 0 Å². The minimum Gasteiger partial charge on any atom is -0.455 e. The summed E-state index contributed by atoms with van der Waals surface area (Å²) >= 11 is 0. The summed E-state index contributed by atoms with van der Waals surface area (Å²) in [5.74, 6) is 1.78. The van der Waals surface area contributed by atoms with Crippen molar-refractivity contribution < 1.29 is 8.99 Å². The predicted molar refractivity (Wildman–Crippen MR) is 140 cm³/mol. The smallest absolute Gasteiger partial charge is 0.162 e. The van der Waals surface area contributed by atoms with Gasteiger partial charge in [-0.25, -0.2) is 4.58 Å². The molecule has 1 aliphatic carbocycles. The Morgan fingerprint density at radius 2 is 1.30 bits per heavy atom. The van der Waals surface area contributed by atoms with Gasteiger partial charge in [-0.3, -0.25) is 0 Å². The van der Waals surface area contributed by atoms with Gasteiger partial charge < -0.3 is 4.42 Å². The van der Waals surface area contributed by atoms with Gasteiger partial charge in [-0.05, 0) is 28.0 Å². The Morgan fingerprint density at radius 3 is 2.00 bits per heavy atom. The first-order valence-corrected chi connectivity index (χ1v) is 11.2. The second kappa shape index (κ2) is 9.13. The topological polar surface area (TPSA) is 16.1 Å². The van der Waals surface area contributed by atoms with Crippen LogP contribution in [0.5, 0.6) is 0 Å². The maximum Gasteiger partial charge on any atom is 0.162 e. The van der Waals surface area contributed by atoms with Crippen LogP contribution in [0.3, 0.4) is 0 Å². The highest BCUT2D eigenvalue weighted by Gasteiger charge is 2.24. The molecule has 0 spiro atoms. The molecule has 33 heavy (non-hydrogen) atoms. The number of rotatable bonds is 5. The zero-order chi connectivity index (χ0) is 22.6. The third-order valence-corrected chi connectivity index (χ3v) is 5.73. The second-order valence-electron chi connectivity index (χ2n) is 8.28. The van der Waals surface area contributed by atoms with Crippen molar-refractivity contribution in [2.45, 2.75) is 0 Å². The van der Waals surface area contributed by atoms with Crippen molar-refractivity contribution in [2.75, 3.05) is 14.1 Å². The van der Waals surface area contributed by atoms with E-state index in [1.807, 2.05) is 55.2 Å². The van der Waals surface area contributed by atoms with Gasteiger partial charge in [0.05, 0.1) is 0 Å². The maximum absolute atomic E-state index is 6.63. The molecule has 0 amide bonds. The van der Waals surface area contributed by atoms with Crippen LogP contribution in [-0.2, 0) is 0 Å². The van der Waals surface area contributed by atoms with Gasteiger partial charge in [-0.1, -0.05) is 103 Å². The molecular formula is C31H26NO+. The van der Waals surface area contributed by atoms with Crippen LogP contribution in [0.15, 0.2) is 114 Å². The van der Waals surface area contributed by atoms with E-state index in [4.69, 9.17) is 4.42 Å². The summed E-state index contributed by atoms with van der Waals surface area (Å²) < 4.78 is 8.65. The van der Waals surface area contributed by atoms with Gasteiger partial charge in [0.1, 0.15) is 25.6 Å². The highest BCUT2D eigenvalue weighted by atomic mass is 16.3. The van der Waals surface area contributed by atoms with Crippen LogP contribution >= 0.6 is 0 Å². The van der Waals surface area contributed by atoms with E-state index in [1.54, 1.807) is 0 Å². The van der Waals surface area contributed by atoms with Crippen LogP contribution in [-0.4, -0.2) is 24.9 Å². The van der Waals surface area contributed by atoms with Crippen LogP contribution in [0.2, 0.25) is 0 Å². The third kappa shape index (κ3) is 4.16. The highest BCUT2D eigenvalue weighted by molar-refractivity contribution is 6.12. The number of fused-ring (bicyclic) bond motifs is 3. The molecule has 3 aromatic carbocycles. The number of allylic oxidation sites excluding steroid dienone is 3. The van der Waals surface area contributed by atoms with Crippen LogP contribution in [0.4, 0.5) is 0 Å². The first-order chi connectivity index (χ1) is 16.2. The number of nitrogens with zero attached hydrogens (tertiary/aromatic N) is 1. The van der Waals surface area contributed by atoms with E-state index in [0.29, 0.717) is 0 Å². The molecule has 1 heterocycles. The summed E-state index contributed by atoms with van der Waals surface area (Å²) in [5.41, 5.74) is 5.69. The van der Waals surface area contributed by atoms with E-state index in [2.05, 4.69) is 84.9 Å². The standard InChI is InChI=1S/C31H26NO/c1-32(2)21-13-5-10-20-27-25-18-11-12-19-26(25)30-28(23-14-6-3-7-15-23)22-29(33-31(27)30)24-16-8-4-9-17-24/h3-22H,1-2H3/q+1. The molecule has 0 saturated carbocycles. The first-order valence-electron chi connectivity index (χ1n) is 11.2. The molecule has 0 fully saturated rings. The molecule has 2 aliphatic rings. The number of hydrogen-bond donors (Lipinski definition) is 0. The number of benzene rings is 3. The molecule has 0 radical (unpaired) electrons. The molecule has 0 atom stereocenters. The van der Waals surface area contributed by atoms with Crippen LogP contribution in [0.25, 0.3) is 50.6 Å². The molecule has 160 valence electrons. The molecule has 0 bridgehead atoms. The zero-order valence-electron chi connectivity index (χ0n) is 18.9. The lowest BCUT2D eigenvalue weighted by Gasteiger charge is -2.13. The van der Waals surface area contributed by atoms with Crippen LogP contribution in [0.1, 0.15) is 5.56 Å². The Morgan fingerprint density at radius 1 is 0.667 bits per heavy atom. The SMILES string of the molecule is C[N+](C)=CC=CC=Cc1c2oc(-c3ccccc3)cc(-c3ccccc3)c-2c2ccccc12. The van der Waals surface area contributed by atoms with Gasteiger partial charge in [0, 0.05) is 22.8 Å². The lowest BCUT2D eigenvalue weighted by molar-refractivity contribution is -0.458. The van der Waals surface area contributed by atoms with Crippen molar-refractivity contribution in [3.8, 4) is 33.8 Å². The number of hydrogen-bond acceptors (Lipinski definition) is 1. The predicted octanol–water partition coefficient (Wildman–Crippen LogP) is 7.78. The van der Waals surface area contributed by atoms with Crippen molar-refractivity contribution in [3.63, 3.8) is 0 Å². The van der Waals surface area contributed by atoms with Gasteiger partial charge in [0.15, 0.2) is 6.21 Å². The minimum absolute atomic E-state index is 0.864. The van der Waals surface area contributed by atoms with Crippen molar-refractivity contribution in [1.29, 1.82) is 0 Å². The van der Waals surface area contributed by atoms with Crippen molar-refractivity contribution in [2.24, 2.45) is 0 Å². The van der Waals surface area contributed by atoms with E-state index < -0.39 is 0 Å². The maximum atomic E-state index is 6.63. The molecule has 3 aromatic rings. The summed E-state index contributed by atoms with van der Waals surface area (Å²) in [6.45, 7) is 0. The lowest BCUT2D eigenvalue weighted by atomic mass is 9.96. The third-order valence-electron chi connectivity index (χ3n) is 5.73. The van der Waals surface area contributed by atoms with E-state index in [1.165, 1.54) is 21.9 Å². The summed E-state index contributed by atoms with van der Waals surface area (Å²) in [6, 6.07) is 31.6. The Kier molecular flexibility index (Phi) is 5.73. The van der Waals surface area contributed by atoms with Gasteiger partial charge >= 0.3 is 0 Å². The quantitative estimate of drug-likeness (QED) is 0.159. The Bertz CT molecular complexity index is 1450. The van der Waals surface area contributed by atoms with Crippen molar-refractivity contribution in [3.05, 3.63) is 115 Å².